The lowest BCUT2D eigenvalue weighted by Gasteiger charge is -2.35. The predicted molar refractivity (Wildman–Crippen MR) is 86.5 cm³/mol. The van der Waals surface area contributed by atoms with E-state index in [2.05, 4.69) is 47.4 Å². The van der Waals surface area contributed by atoms with E-state index in [4.69, 9.17) is 5.26 Å². The zero-order chi connectivity index (χ0) is 14.5. The van der Waals surface area contributed by atoms with Crippen LogP contribution >= 0.6 is 0 Å². The summed E-state index contributed by atoms with van der Waals surface area (Å²) in [5.41, 5.74) is 3.40. The molecule has 1 unspecified atom stereocenters. The fourth-order valence-electron chi connectivity index (χ4n) is 2.64. The van der Waals surface area contributed by atoms with Crippen molar-refractivity contribution in [1.82, 2.24) is 0 Å². The molecule has 21 heavy (non-hydrogen) atoms. The number of hydrogen-bond donors (Lipinski definition) is 0. The largest absolute Gasteiger partial charge is 0.333 e. The average Bonchev–Trinajstić information content (AvgIpc) is 2.56. The minimum absolute atomic E-state index is 0.0672. The molecule has 0 spiro atoms. The lowest BCUT2D eigenvalue weighted by molar-refractivity contribution is 0.797. The number of hydrogen-bond acceptors (Lipinski definition) is 2. The standard InChI is InChI=1S/C19H16N2/c20-15-14-18-12-7-13-19(16-8-3-1-4-9-16)21(18)17-10-5-2-6-11-17/h1-13,18H,14H2. The maximum absolute atomic E-state index is 9.11. The van der Waals surface area contributed by atoms with Gasteiger partial charge < -0.3 is 4.90 Å². The van der Waals surface area contributed by atoms with Gasteiger partial charge in [0.05, 0.1) is 18.5 Å². The lowest BCUT2D eigenvalue weighted by Crippen LogP contribution is -2.33. The number of nitriles is 1. The summed E-state index contributed by atoms with van der Waals surface area (Å²) in [6.07, 6.45) is 6.71. The molecule has 1 atom stereocenters. The second kappa shape index (κ2) is 6.11. The smallest absolute Gasteiger partial charge is 0.0655 e. The van der Waals surface area contributed by atoms with E-state index in [9.17, 15) is 0 Å². The summed E-state index contributed by atoms with van der Waals surface area (Å²) in [4.78, 5) is 2.23. The van der Waals surface area contributed by atoms with Crippen LogP contribution in [0, 0.1) is 11.3 Å². The molecule has 3 rings (SSSR count). The minimum Gasteiger partial charge on any atom is -0.333 e. The second-order valence-corrected chi connectivity index (χ2v) is 4.94. The Labute approximate surface area is 125 Å². The third kappa shape index (κ3) is 2.73. The second-order valence-electron chi connectivity index (χ2n) is 4.94. The van der Waals surface area contributed by atoms with Gasteiger partial charge in [0.25, 0.3) is 0 Å². The molecule has 0 saturated heterocycles. The van der Waals surface area contributed by atoms with Crippen LogP contribution < -0.4 is 4.90 Å². The summed E-state index contributed by atoms with van der Waals surface area (Å²) in [5, 5.41) is 9.11. The van der Waals surface area contributed by atoms with Crippen LogP contribution in [0.15, 0.2) is 78.9 Å². The van der Waals surface area contributed by atoms with Crippen molar-refractivity contribution >= 4 is 11.4 Å². The average molecular weight is 272 g/mol. The first-order valence-electron chi connectivity index (χ1n) is 7.05. The van der Waals surface area contributed by atoms with Gasteiger partial charge in [-0.2, -0.15) is 5.26 Å². The van der Waals surface area contributed by atoms with Crippen LogP contribution in [-0.2, 0) is 0 Å². The molecule has 1 aliphatic heterocycles. The molecule has 2 heteroatoms. The van der Waals surface area contributed by atoms with Crippen molar-refractivity contribution in [3.05, 3.63) is 84.5 Å². The number of para-hydroxylation sites is 1. The first-order valence-corrected chi connectivity index (χ1v) is 7.05. The van der Waals surface area contributed by atoms with Crippen molar-refractivity contribution in [2.24, 2.45) is 0 Å². The topological polar surface area (TPSA) is 27.0 Å². The molecule has 102 valence electrons. The van der Waals surface area contributed by atoms with Gasteiger partial charge in [0.1, 0.15) is 0 Å². The predicted octanol–water partition coefficient (Wildman–Crippen LogP) is 4.39. The zero-order valence-corrected chi connectivity index (χ0v) is 11.7. The number of benzene rings is 2. The monoisotopic (exact) mass is 272 g/mol. The van der Waals surface area contributed by atoms with Gasteiger partial charge in [0.15, 0.2) is 0 Å². The molecule has 0 fully saturated rings. The van der Waals surface area contributed by atoms with Gasteiger partial charge >= 0.3 is 0 Å². The minimum atomic E-state index is 0.0672. The van der Waals surface area contributed by atoms with Gasteiger partial charge in [0, 0.05) is 11.4 Å². The highest BCUT2D eigenvalue weighted by Gasteiger charge is 2.23. The Morgan fingerprint density at radius 3 is 2.29 bits per heavy atom. The molecule has 0 saturated carbocycles. The first-order chi connectivity index (χ1) is 10.4. The molecule has 0 bridgehead atoms. The van der Waals surface area contributed by atoms with Gasteiger partial charge in [-0.15, -0.1) is 0 Å². The quantitative estimate of drug-likeness (QED) is 0.828. The molecular weight excluding hydrogens is 256 g/mol. The highest BCUT2D eigenvalue weighted by atomic mass is 15.2. The molecule has 0 radical (unpaired) electrons. The molecule has 0 aromatic heterocycles. The summed E-state index contributed by atoms with van der Waals surface area (Å²) >= 11 is 0. The van der Waals surface area contributed by atoms with Crippen LogP contribution in [0.4, 0.5) is 5.69 Å². The van der Waals surface area contributed by atoms with E-state index in [1.54, 1.807) is 0 Å². The molecule has 0 N–H and O–H groups in total. The Balaban J connectivity index is 2.06. The Kier molecular flexibility index (Phi) is 3.84. The first kappa shape index (κ1) is 13.2. The Morgan fingerprint density at radius 1 is 0.952 bits per heavy atom. The number of nitrogens with zero attached hydrogens (tertiary/aromatic N) is 2. The van der Waals surface area contributed by atoms with Gasteiger partial charge in [-0.3, -0.25) is 0 Å². The van der Waals surface area contributed by atoms with Crippen LogP contribution in [0.5, 0.6) is 0 Å². The molecule has 2 nitrogen and oxygen atoms in total. The van der Waals surface area contributed by atoms with E-state index in [1.165, 1.54) is 0 Å². The Bertz CT molecular complexity index is 693. The fourth-order valence-corrected chi connectivity index (χ4v) is 2.64. The Hall–Kier alpha value is -2.79. The van der Waals surface area contributed by atoms with Gasteiger partial charge in [-0.05, 0) is 23.8 Å². The van der Waals surface area contributed by atoms with Gasteiger partial charge in [-0.25, -0.2) is 0 Å². The highest BCUT2D eigenvalue weighted by molar-refractivity contribution is 5.82. The summed E-state index contributed by atoms with van der Waals surface area (Å²) in [6.45, 7) is 0. The fraction of sp³-hybridized carbons (Fsp3) is 0.105. The maximum atomic E-state index is 9.11. The van der Waals surface area contributed by atoms with Gasteiger partial charge in [0.2, 0.25) is 0 Å². The van der Waals surface area contributed by atoms with E-state index in [0.717, 1.165) is 16.9 Å². The normalized spacial score (nSPS) is 17.2. The third-order valence-corrected chi connectivity index (χ3v) is 3.58. The van der Waals surface area contributed by atoms with Crippen molar-refractivity contribution in [3.8, 4) is 6.07 Å². The zero-order valence-electron chi connectivity index (χ0n) is 11.7. The molecule has 0 aliphatic carbocycles. The van der Waals surface area contributed by atoms with Crippen LogP contribution in [0.3, 0.4) is 0 Å². The van der Waals surface area contributed by atoms with E-state index in [0.29, 0.717) is 6.42 Å². The molecular formula is C19H16N2. The lowest BCUT2D eigenvalue weighted by atomic mass is 10.0. The summed E-state index contributed by atoms with van der Waals surface area (Å²) in [7, 11) is 0. The van der Waals surface area contributed by atoms with E-state index in [1.807, 2.05) is 42.5 Å². The van der Waals surface area contributed by atoms with Crippen molar-refractivity contribution in [2.75, 3.05) is 4.90 Å². The summed E-state index contributed by atoms with van der Waals surface area (Å²) < 4.78 is 0. The van der Waals surface area contributed by atoms with Crippen LogP contribution in [0.1, 0.15) is 12.0 Å². The highest BCUT2D eigenvalue weighted by Crippen LogP contribution is 2.32. The van der Waals surface area contributed by atoms with E-state index >= 15 is 0 Å². The van der Waals surface area contributed by atoms with Crippen LogP contribution in [0.2, 0.25) is 0 Å². The molecule has 2 aromatic carbocycles. The SMILES string of the molecule is N#CCC1C=CC=C(c2ccccc2)N1c1ccccc1. The van der Waals surface area contributed by atoms with Crippen molar-refractivity contribution in [2.45, 2.75) is 12.5 Å². The van der Waals surface area contributed by atoms with Crippen molar-refractivity contribution in [3.63, 3.8) is 0 Å². The van der Waals surface area contributed by atoms with E-state index in [-0.39, 0.29) is 6.04 Å². The molecule has 1 aliphatic rings. The summed E-state index contributed by atoms with van der Waals surface area (Å²) in [5.74, 6) is 0. The molecule has 0 amide bonds. The summed E-state index contributed by atoms with van der Waals surface area (Å²) in [6, 6.07) is 22.9. The third-order valence-electron chi connectivity index (χ3n) is 3.58. The van der Waals surface area contributed by atoms with Crippen LogP contribution in [0.25, 0.3) is 5.70 Å². The number of rotatable bonds is 3. The van der Waals surface area contributed by atoms with Gasteiger partial charge in [-0.1, -0.05) is 60.7 Å². The molecule has 2 aromatic rings. The molecule has 1 heterocycles. The number of anilines is 1. The van der Waals surface area contributed by atoms with Crippen molar-refractivity contribution in [1.29, 1.82) is 5.26 Å². The van der Waals surface area contributed by atoms with Crippen molar-refractivity contribution < 1.29 is 0 Å². The van der Waals surface area contributed by atoms with Crippen LogP contribution in [-0.4, -0.2) is 6.04 Å². The Morgan fingerprint density at radius 2 is 1.62 bits per heavy atom. The number of allylic oxidation sites excluding steroid dienone is 2. The maximum Gasteiger partial charge on any atom is 0.0655 e. The van der Waals surface area contributed by atoms with E-state index < -0.39 is 0 Å².